The Morgan fingerprint density at radius 3 is 1.71 bits per heavy atom. The number of hydrogen-bond donors (Lipinski definition) is 0. The molecule has 0 atom stereocenters. The van der Waals surface area contributed by atoms with Crippen molar-refractivity contribution in [3.8, 4) is 0 Å². The van der Waals surface area contributed by atoms with Gasteiger partial charge in [-0.3, -0.25) is 4.79 Å². The number of imidazole rings is 1. The van der Waals surface area contributed by atoms with Gasteiger partial charge in [-0.25, -0.2) is 4.98 Å². The minimum atomic E-state index is -0.663. The van der Waals surface area contributed by atoms with E-state index in [4.69, 9.17) is 0 Å². The number of carbonyl (C=O) groups is 1. The fraction of sp³-hybridized carbons (Fsp3) is 0.0370. The minimum absolute atomic E-state index is 0.0666. The van der Waals surface area contributed by atoms with Crippen LogP contribution in [0, 0.1) is 0 Å². The Bertz CT molecular complexity index is 1180. The summed E-state index contributed by atoms with van der Waals surface area (Å²) in [7, 11) is 0. The Labute approximate surface area is 185 Å². The van der Waals surface area contributed by atoms with Crippen molar-refractivity contribution >= 4 is 17.1 Å². The lowest BCUT2D eigenvalue weighted by atomic mass is 9.77. The maximum Gasteiger partial charge on any atom is 0.213 e. The molecule has 5 rings (SSSR count). The molecule has 2 aromatic heterocycles. The fourth-order valence-corrected chi connectivity index (χ4v) is 4.79. The van der Waals surface area contributed by atoms with Gasteiger partial charge in [0.2, 0.25) is 5.78 Å². The monoisotopic (exact) mass is 420 g/mol. The lowest BCUT2D eigenvalue weighted by molar-refractivity contribution is 0.103. The molecule has 150 valence electrons. The molecule has 0 saturated heterocycles. The van der Waals surface area contributed by atoms with Gasteiger partial charge >= 0.3 is 0 Å². The highest BCUT2D eigenvalue weighted by Gasteiger charge is 2.38. The van der Waals surface area contributed by atoms with Crippen LogP contribution in [0.4, 0.5) is 0 Å². The topological polar surface area (TPSA) is 34.9 Å². The third-order valence-corrected chi connectivity index (χ3v) is 6.24. The van der Waals surface area contributed by atoms with Crippen molar-refractivity contribution < 1.29 is 4.79 Å². The van der Waals surface area contributed by atoms with Crippen LogP contribution in [0.3, 0.4) is 0 Å². The summed E-state index contributed by atoms with van der Waals surface area (Å²) in [5.74, 6) is -0.0666. The van der Waals surface area contributed by atoms with E-state index in [-0.39, 0.29) is 5.78 Å². The number of rotatable bonds is 6. The zero-order chi connectivity index (χ0) is 21.1. The summed E-state index contributed by atoms with van der Waals surface area (Å²) in [6, 6.07) is 32.9. The van der Waals surface area contributed by atoms with Crippen molar-refractivity contribution in [3.05, 3.63) is 148 Å². The van der Waals surface area contributed by atoms with Crippen LogP contribution in [0.15, 0.2) is 120 Å². The normalized spacial score (nSPS) is 11.4. The average molecular weight is 421 g/mol. The van der Waals surface area contributed by atoms with E-state index in [1.165, 1.54) is 11.3 Å². The lowest BCUT2D eigenvalue weighted by Gasteiger charge is -2.37. The van der Waals surface area contributed by atoms with Crippen LogP contribution in [-0.4, -0.2) is 15.3 Å². The quantitative estimate of drug-likeness (QED) is 0.249. The number of carbonyl (C=O) groups excluding carboxylic acids is 1. The van der Waals surface area contributed by atoms with Crippen LogP contribution in [-0.2, 0) is 5.54 Å². The molecule has 2 heterocycles. The number of aromatic nitrogens is 2. The second-order valence-electron chi connectivity index (χ2n) is 7.32. The summed E-state index contributed by atoms with van der Waals surface area (Å²) in [5.41, 5.74) is 3.73. The minimum Gasteiger partial charge on any atom is -0.318 e. The maximum absolute atomic E-state index is 13.0. The van der Waals surface area contributed by atoms with Crippen molar-refractivity contribution in [2.75, 3.05) is 0 Å². The van der Waals surface area contributed by atoms with E-state index in [0.717, 1.165) is 16.7 Å². The Balaban J connectivity index is 1.78. The smallest absolute Gasteiger partial charge is 0.213 e. The summed E-state index contributed by atoms with van der Waals surface area (Å²) >= 11 is 1.51. The highest BCUT2D eigenvalue weighted by atomic mass is 32.1. The van der Waals surface area contributed by atoms with E-state index in [9.17, 15) is 4.79 Å². The van der Waals surface area contributed by atoms with Crippen molar-refractivity contribution in [2.45, 2.75) is 5.54 Å². The Hall–Kier alpha value is -3.76. The van der Waals surface area contributed by atoms with Crippen LogP contribution < -0.4 is 0 Å². The molecule has 0 aliphatic rings. The molecule has 5 aromatic rings. The molecule has 31 heavy (non-hydrogen) atoms. The SMILES string of the molecule is O=C(c1ccsc1)c1cn(C(c2ccccc2)(c2ccccc2)c2ccccc2)cn1. The molecule has 0 aliphatic carbocycles. The molecule has 0 spiro atoms. The molecule has 0 saturated carbocycles. The van der Waals surface area contributed by atoms with Crippen molar-refractivity contribution in [1.82, 2.24) is 9.55 Å². The van der Waals surface area contributed by atoms with E-state index in [0.29, 0.717) is 11.3 Å². The van der Waals surface area contributed by atoms with Crippen molar-refractivity contribution in [1.29, 1.82) is 0 Å². The summed E-state index contributed by atoms with van der Waals surface area (Å²) in [6.07, 6.45) is 3.64. The second-order valence-corrected chi connectivity index (χ2v) is 8.10. The first kappa shape index (κ1) is 19.2. The van der Waals surface area contributed by atoms with Gasteiger partial charge in [-0.15, -0.1) is 0 Å². The van der Waals surface area contributed by atoms with E-state index in [1.807, 2.05) is 77.6 Å². The largest absolute Gasteiger partial charge is 0.318 e. The maximum atomic E-state index is 13.0. The van der Waals surface area contributed by atoms with Crippen LogP contribution >= 0.6 is 11.3 Å². The van der Waals surface area contributed by atoms with E-state index in [1.54, 1.807) is 6.33 Å². The highest BCUT2D eigenvalue weighted by Crippen LogP contribution is 2.40. The third kappa shape index (κ3) is 3.31. The van der Waals surface area contributed by atoms with E-state index >= 15 is 0 Å². The fourth-order valence-electron chi connectivity index (χ4n) is 4.15. The predicted molar refractivity (Wildman–Crippen MR) is 125 cm³/mol. The van der Waals surface area contributed by atoms with Gasteiger partial charge in [-0.2, -0.15) is 11.3 Å². The Morgan fingerprint density at radius 2 is 1.26 bits per heavy atom. The third-order valence-electron chi connectivity index (χ3n) is 5.56. The van der Waals surface area contributed by atoms with Crippen LogP contribution in [0.5, 0.6) is 0 Å². The van der Waals surface area contributed by atoms with Gasteiger partial charge in [0.25, 0.3) is 0 Å². The highest BCUT2D eigenvalue weighted by molar-refractivity contribution is 7.08. The molecule has 0 aliphatic heterocycles. The summed E-state index contributed by atoms with van der Waals surface area (Å²) in [6.45, 7) is 0. The van der Waals surface area contributed by atoms with Crippen LogP contribution in [0.1, 0.15) is 32.7 Å². The first-order valence-electron chi connectivity index (χ1n) is 10.1. The van der Waals surface area contributed by atoms with Gasteiger partial charge in [0, 0.05) is 17.1 Å². The molecular formula is C27H20N2OS. The molecule has 0 unspecified atom stereocenters. The zero-order valence-electron chi connectivity index (χ0n) is 16.8. The molecular weight excluding hydrogens is 400 g/mol. The first-order chi connectivity index (χ1) is 15.3. The molecule has 0 radical (unpaired) electrons. The number of thiophene rings is 1. The number of ketones is 1. The van der Waals surface area contributed by atoms with Gasteiger partial charge in [0.05, 0.1) is 6.33 Å². The van der Waals surface area contributed by atoms with Gasteiger partial charge in [-0.1, -0.05) is 91.0 Å². The van der Waals surface area contributed by atoms with Gasteiger partial charge in [0.1, 0.15) is 11.2 Å². The van der Waals surface area contributed by atoms with Crippen molar-refractivity contribution in [2.24, 2.45) is 0 Å². The predicted octanol–water partition coefficient (Wildman–Crippen LogP) is 6.02. The molecule has 4 heteroatoms. The molecule has 3 aromatic carbocycles. The van der Waals surface area contributed by atoms with Crippen molar-refractivity contribution in [3.63, 3.8) is 0 Å². The summed E-state index contributed by atoms with van der Waals surface area (Å²) in [5, 5.41) is 3.77. The lowest BCUT2D eigenvalue weighted by Crippen LogP contribution is -2.37. The van der Waals surface area contributed by atoms with E-state index in [2.05, 4.69) is 45.9 Å². The molecule has 0 amide bonds. The average Bonchev–Trinajstić information content (AvgIpc) is 3.55. The molecule has 0 bridgehead atoms. The summed E-state index contributed by atoms with van der Waals surface area (Å²) < 4.78 is 2.06. The molecule has 0 fully saturated rings. The molecule has 0 N–H and O–H groups in total. The second kappa shape index (κ2) is 8.17. The van der Waals surface area contributed by atoms with Gasteiger partial charge in [-0.05, 0) is 28.1 Å². The number of nitrogens with zero attached hydrogens (tertiary/aromatic N) is 2. The van der Waals surface area contributed by atoms with E-state index < -0.39 is 5.54 Å². The number of benzene rings is 3. The van der Waals surface area contributed by atoms with Gasteiger partial charge < -0.3 is 4.57 Å². The summed E-state index contributed by atoms with van der Waals surface area (Å²) in [4.78, 5) is 17.5. The standard InChI is InChI=1S/C27H20N2OS/c30-26(21-16-17-31-19-21)25-18-29(20-28-25)27(22-10-4-1-5-11-22,23-12-6-2-7-13-23)24-14-8-3-9-15-24/h1-20H. The first-order valence-corrected chi connectivity index (χ1v) is 11.0. The Morgan fingerprint density at radius 1 is 0.742 bits per heavy atom. The molecule has 3 nitrogen and oxygen atoms in total. The zero-order valence-corrected chi connectivity index (χ0v) is 17.6. The Kier molecular flexibility index (Phi) is 5.06. The van der Waals surface area contributed by atoms with Crippen LogP contribution in [0.2, 0.25) is 0 Å². The van der Waals surface area contributed by atoms with Gasteiger partial charge in [0.15, 0.2) is 0 Å². The number of hydrogen-bond acceptors (Lipinski definition) is 3. The van der Waals surface area contributed by atoms with Crippen LogP contribution in [0.25, 0.3) is 0 Å².